The Bertz CT molecular complexity index is 1020. The van der Waals surface area contributed by atoms with Crippen molar-refractivity contribution in [2.45, 2.75) is 12.5 Å². The monoisotopic (exact) mass is 399 g/mol. The summed E-state index contributed by atoms with van der Waals surface area (Å²) >= 11 is 0.715. The zero-order chi connectivity index (χ0) is 20.1. The van der Waals surface area contributed by atoms with Crippen LogP contribution < -0.4 is 5.32 Å². The molecule has 28 heavy (non-hydrogen) atoms. The molecule has 0 aliphatic heterocycles. The van der Waals surface area contributed by atoms with Gasteiger partial charge in [0.1, 0.15) is 17.6 Å². The summed E-state index contributed by atoms with van der Waals surface area (Å²) in [7, 11) is 0. The highest BCUT2D eigenvalue weighted by Gasteiger charge is 2.29. The Morgan fingerprint density at radius 2 is 1.71 bits per heavy atom. The summed E-state index contributed by atoms with van der Waals surface area (Å²) in [5, 5.41) is 11.5. The summed E-state index contributed by atoms with van der Waals surface area (Å²) in [6.07, 6.45) is -0.00961. The van der Waals surface area contributed by atoms with Crippen LogP contribution in [-0.2, 0) is 16.0 Å². The molecule has 3 aromatic rings. The van der Waals surface area contributed by atoms with Gasteiger partial charge in [-0.15, -0.1) is 0 Å². The van der Waals surface area contributed by atoms with Gasteiger partial charge in [0, 0.05) is 12.0 Å². The van der Waals surface area contributed by atoms with Crippen molar-refractivity contribution in [2.24, 2.45) is 0 Å². The van der Waals surface area contributed by atoms with E-state index in [9.17, 15) is 18.8 Å². The van der Waals surface area contributed by atoms with Crippen molar-refractivity contribution in [3.05, 3.63) is 71.7 Å². The van der Waals surface area contributed by atoms with Crippen molar-refractivity contribution in [3.8, 4) is 11.3 Å². The van der Waals surface area contributed by atoms with Gasteiger partial charge in [-0.25, -0.2) is 9.18 Å². The van der Waals surface area contributed by atoms with Gasteiger partial charge in [-0.05, 0) is 17.7 Å². The number of nitrogens with one attached hydrogen (secondary N) is 1. The molecule has 1 heterocycles. The van der Waals surface area contributed by atoms with E-state index in [4.69, 9.17) is 5.11 Å². The Hall–Kier alpha value is -3.46. The lowest BCUT2D eigenvalue weighted by atomic mass is 10.0. The molecular weight excluding hydrogens is 385 g/mol. The second kappa shape index (κ2) is 8.49. The third-order valence-electron chi connectivity index (χ3n) is 3.95. The van der Waals surface area contributed by atoms with Crippen LogP contribution >= 0.6 is 11.7 Å². The second-order valence-corrected chi connectivity index (χ2v) is 6.35. The topological polar surface area (TPSA) is 109 Å². The SMILES string of the molecule is O=C(O)C(=O)C(Cc1ccccc1)NC(=O)c1nsnc1-c1ccccc1F. The van der Waals surface area contributed by atoms with Gasteiger partial charge >= 0.3 is 5.97 Å². The van der Waals surface area contributed by atoms with Gasteiger partial charge in [0.25, 0.3) is 11.7 Å². The van der Waals surface area contributed by atoms with Gasteiger partial charge in [-0.2, -0.15) is 8.75 Å². The van der Waals surface area contributed by atoms with Gasteiger partial charge in [-0.1, -0.05) is 42.5 Å². The number of nitrogens with zero attached hydrogens (tertiary/aromatic N) is 2. The number of carbonyl (C=O) groups is 3. The molecule has 0 saturated carbocycles. The molecule has 3 rings (SSSR count). The standard InChI is InChI=1S/C19H14FN3O4S/c20-13-9-5-4-8-12(13)15-16(23-28-22-15)18(25)21-14(17(24)19(26)27)10-11-6-2-1-3-7-11/h1-9,14H,10H2,(H,21,25)(H,26,27). The fraction of sp³-hybridized carbons (Fsp3) is 0.105. The number of rotatable bonds is 7. The van der Waals surface area contributed by atoms with E-state index in [1.54, 1.807) is 36.4 Å². The molecule has 0 spiro atoms. The third kappa shape index (κ3) is 4.26. The molecule has 9 heteroatoms. The number of ketones is 1. The molecule has 0 aliphatic rings. The smallest absolute Gasteiger partial charge is 0.374 e. The molecule has 2 N–H and O–H groups in total. The van der Waals surface area contributed by atoms with Gasteiger partial charge < -0.3 is 10.4 Å². The van der Waals surface area contributed by atoms with E-state index < -0.39 is 29.5 Å². The lowest BCUT2D eigenvalue weighted by Crippen LogP contribution is -2.45. The van der Waals surface area contributed by atoms with Crippen molar-refractivity contribution in [1.29, 1.82) is 0 Å². The van der Waals surface area contributed by atoms with E-state index in [0.717, 1.165) is 0 Å². The maximum atomic E-state index is 14.1. The maximum absolute atomic E-state index is 14.1. The van der Waals surface area contributed by atoms with Crippen LogP contribution in [0.15, 0.2) is 54.6 Å². The fourth-order valence-corrected chi connectivity index (χ4v) is 3.16. The number of carboxylic acids is 1. The van der Waals surface area contributed by atoms with Gasteiger partial charge in [0.15, 0.2) is 5.69 Å². The number of aromatic nitrogens is 2. The van der Waals surface area contributed by atoms with Crippen molar-refractivity contribution in [3.63, 3.8) is 0 Å². The molecule has 7 nitrogen and oxygen atoms in total. The Morgan fingerprint density at radius 1 is 1.04 bits per heavy atom. The van der Waals surface area contributed by atoms with Crippen LogP contribution in [0.5, 0.6) is 0 Å². The maximum Gasteiger partial charge on any atom is 0.374 e. The van der Waals surface area contributed by atoms with Crippen LogP contribution in [0.25, 0.3) is 11.3 Å². The summed E-state index contributed by atoms with van der Waals surface area (Å²) in [6.45, 7) is 0. The highest BCUT2D eigenvalue weighted by atomic mass is 32.1. The highest BCUT2D eigenvalue weighted by molar-refractivity contribution is 6.99. The number of aliphatic carboxylic acids is 1. The first-order valence-corrected chi connectivity index (χ1v) is 8.89. The predicted octanol–water partition coefficient (Wildman–Crippen LogP) is 2.34. The number of amides is 1. The number of hydrogen-bond donors (Lipinski definition) is 2. The normalized spacial score (nSPS) is 11.6. The number of hydrogen-bond acceptors (Lipinski definition) is 6. The second-order valence-electron chi connectivity index (χ2n) is 5.83. The van der Waals surface area contributed by atoms with E-state index in [2.05, 4.69) is 14.1 Å². The van der Waals surface area contributed by atoms with Gasteiger partial charge in [-0.3, -0.25) is 9.59 Å². The number of halogens is 1. The molecule has 0 bridgehead atoms. The minimum absolute atomic E-state index is 0.00961. The lowest BCUT2D eigenvalue weighted by molar-refractivity contribution is -0.149. The first-order chi connectivity index (χ1) is 13.5. The van der Waals surface area contributed by atoms with Crippen molar-refractivity contribution >= 4 is 29.4 Å². The van der Waals surface area contributed by atoms with E-state index in [1.165, 1.54) is 18.2 Å². The largest absolute Gasteiger partial charge is 0.475 e. The molecule has 0 fully saturated rings. The Balaban J connectivity index is 1.87. The molecule has 0 saturated heterocycles. The summed E-state index contributed by atoms with van der Waals surface area (Å²) in [4.78, 5) is 35.9. The van der Waals surface area contributed by atoms with E-state index >= 15 is 0 Å². The lowest BCUT2D eigenvalue weighted by Gasteiger charge is -2.15. The molecular formula is C19H14FN3O4S. The third-order valence-corrected chi connectivity index (χ3v) is 4.48. The first kappa shape index (κ1) is 19.3. The predicted molar refractivity (Wildman–Crippen MR) is 99.3 cm³/mol. The van der Waals surface area contributed by atoms with Crippen molar-refractivity contribution in [1.82, 2.24) is 14.1 Å². The summed E-state index contributed by atoms with van der Waals surface area (Å²) in [5.74, 6) is -4.20. The molecule has 0 radical (unpaired) electrons. The Morgan fingerprint density at radius 3 is 2.39 bits per heavy atom. The van der Waals surface area contributed by atoms with Crippen LogP contribution in [0.3, 0.4) is 0 Å². The number of benzene rings is 2. The number of Topliss-reactive ketones (excluding diaryl/α,β-unsaturated/α-hetero) is 1. The summed E-state index contributed by atoms with van der Waals surface area (Å²) in [6, 6.07) is 13.1. The van der Waals surface area contributed by atoms with Crippen LogP contribution in [0, 0.1) is 5.82 Å². The Kier molecular flexibility index (Phi) is 5.85. The van der Waals surface area contributed by atoms with E-state index in [1.807, 2.05) is 0 Å². The van der Waals surface area contributed by atoms with Crippen LogP contribution in [-0.4, -0.2) is 37.6 Å². The molecule has 142 valence electrons. The van der Waals surface area contributed by atoms with Gasteiger partial charge in [0.2, 0.25) is 0 Å². The molecule has 1 atom stereocenters. The van der Waals surface area contributed by atoms with Crippen molar-refractivity contribution < 1.29 is 23.9 Å². The first-order valence-electron chi connectivity index (χ1n) is 8.16. The van der Waals surface area contributed by atoms with Crippen LogP contribution in [0.1, 0.15) is 16.1 Å². The van der Waals surface area contributed by atoms with Crippen LogP contribution in [0.2, 0.25) is 0 Å². The molecule has 0 aliphatic carbocycles. The van der Waals surface area contributed by atoms with E-state index in [-0.39, 0.29) is 23.4 Å². The quantitative estimate of drug-likeness (QED) is 0.590. The molecule has 1 aromatic heterocycles. The molecule has 2 aromatic carbocycles. The van der Waals surface area contributed by atoms with Crippen LogP contribution in [0.4, 0.5) is 4.39 Å². The van der Waals surface area contributed by atoms with Crippen molar-refractivity contribution in [2.75, 3.05) is 0 Å². The fourth-order valence-electron chi connectivity index (χ4n) is 2.60. The molecule has 1 unspecified atom stereocenters. The average Bonchev–Trinajstić information content (AvgIpc) is 3.17. The van der Waals surface area contributed by atoms with Gasteiger partial charge in [0.05, 0.1) is 11.7 Å². The minimum atomic E-state index is -1.66. The zero-order valence-corrected chi connectivity index (χ0v) is 15.1. The highest BCUT2D eigenvalue weighted by Crippen LogP contribution is 2.24. The number of carbonyl (C=O) groups excluding carboxylic acids is 2. The Labute approximate surface area is 163 Å². The number of carboxylic acid groups (broad SMARTS) is 1. The van der Waals surface area contributed by atoms with E-state index in [0.29, 0.717) is 17.3 Å². The summed E-state index contributed by atoms with van der Waals surface area (Å²) < 4.78 is 21.9. The zero-order valence-electron chi connectivity index (χ0n) is 14.3. The minimum Gasteiger partial charge on any atom is -0.475 e. The summed E-state index contributed by atoms with van der Waals surface area (Å²) in [5.41, 5.74) is 0.617. The molecule has 1 amide bonds. The average molecular weight is 399 g/mol.